The van der Waals surface area contributed by atoms with Gasteiger partial charge in [-0.3, -0.25) is 0 Å². The van der Waals surface area contributed by atoms with Crippen LogP contribution in [0, 0.1) is 5.82 Å². The summed E-state index contributed by atoms with van der Waals surface area (Å²) < 4.78 is 16.7. The fourth-order valence-electron chi connectivity index (χ4n) is 4.68. The van der Waals surface area contributed by atoms with E-state index in [1.54, 1.807) is 12.1 Å². The minimum Gasteiger partial charge on any atom is -0.365 e. The van der Waals surface area contributed by atoms with Crippen LogP contribution in [0.5, 0.6) is 0 Å². The van der Waals surface area contributed by atoms with Gasteiger partial charge in [-0.25, -0.2) is 9.37 Å². The number of aryl methyl sites for hydroxylation is 1. The number of hydrogen-bond acceptors (Lipinski definition) is 3. The molecule has 0 spiro atoms. The summed E-state index contributed by atoms with van der Waals surface area (Å²) in [6, 6.07) is 9.68. The lowest BCUT2D eigenvalue weighted by molar-refractivity contribution is 0.573. The third-order valence-electron chi connectivity index (χ3n) is 6.15. The smallest absolute Gasteiger partial charge is 0.132 e. The van der Waals surface area contributed by atoms with Crippen LogP contribution in [-0.4, -0.2) is 29.2 Å². The zero-order valence-corrected chi connectivity index (χ0v) is 15.8. The predicted octanol–water partition coefficient (Wildman–Crippen LogP) is 4.27. The largest absolute Gasteiger partial charge is 0.365 e. The predicted molar refractivity (Wildman–Crippen MR) is 108 cm³/mol. The second-order valence-electron chi connectivity index (χ2n) is 7.71. The highest BCUT2D eigenvalue weighted by Gasteiger charge is 2.25. The van der Waals surface area contributed by atoms with Crippen molar-refractivity contribution in [2.75, 3.05) is 29.4 Å². The molecule has 0 aliphatic carbocycles. The van der Waals surface area contributed by atoms with Gasteiger partial charge in [-0.2, -0.15) is 0 Å². The van der Waals surface area contributed by atoms with Crippen LogP contribution in [0.2, 0.25) is 0 Å². The van der Waals surface area contributed by atoms with Crippen molar-refractivity contribution in [1.82, 2.24) is 9.55 Å². The molecule has 27 heavy (non-hydrogen) atoms. The molecule has 2 aliphatic heterocycles. The molecule has 0 atom stereocenters. The van der Waals surface area contributed by atoms with E-state index in [4.69, 9.17) is 4.98 Å². The van der Waals surface area contributed by atoms with E-state index in [-0.39, 0.29) is 5.82 Å². The Morgan fingerprint density at radius 2 is 1.81 bits per heavy atom. The molecule has 3 aromatic rings. The standard InChI is InChI=1S/C22H25FN4/c1-25-19-10-13-27(15-17(19)22-18(23)6-5-7-20(22)25)16-8-9-21(24-14-16)26-11-3-2-4-12-26/h5-9,14H,2-4,10-13,15H2,1H3. The molecule has 1 fully saturated rings. The summed E-state index contributed by atoms with van der Waals surface area (Å²) in [7, 11) is 2.05. The van der Waals surface area contributed by atoms with Gasteiger partial charge >= 0.3 is 0 Å². The van der Waals surface area contributed by atoms with Gasteiger partial charge < -0.3 is 14.4 Å². The quantitative estimate of drug-likeness (QED) is 0.679. The van der Waals surface area contributed by atoms with Crippen LogP contribution in [0.15, 0.2) is 36.5 Å². The fraction of sp³-hybridized carbons (Fsp3) is 0.409. The molecule has 0 N–H and O–H groups in total. The Morgan fingerprint density at radius 3 is 2.59 bits per heavy atom. The summed E-state index contributed by atoms with van der Waals surface area (Å²) >= 11 is 0. The molecule has 1 aromatic carbocycles. The third-order valence-corrected chi connectivity index (χ3v) is 6.15. The summed E-state index contributed by atoms with van der Waals surface area (Å²) in [4.78, 5) is 9.42. The highest BCUT2D eigenvalue weighted by atomic mass is 19.1. The summed E-state index contributed by atoms with van der Waals surface area (Å²) in [6.07, 6.45) is 6.74. The number of anilines is 2. The Kier molecular flexibility index (Phi) is 4.03. The van der Waals surface area contributed by atoms with Gasteiger partial charge in [-0.1, -0.05) is 6.07 Å². The molecule has 0 radical (unpaired) electrons. The van der Waals surface area contributed by atoms with Crippen LogP contribution < -0.4 is 9.80 Å². The maximum atomic E-state index is 14.5. The normalized spacial score (nSPS) is 17.4. The van der Waals surface area contributed by atoms with Crippen LogP contribution in [0.3, 0.4) is 0 Å². The summed E-state index contributed by atoms with van der Waals surface area (Å²) in [5.74, 6) is 0.956. The molecule has 0 unspecified atom stereocenters. The number of fused-ring (bicyclic) bond motifs is 3. The van der Waals surface area contributed by atoms with Crippen molar-refractivity contribution < 1.29 is 4.39 Å². The lowest BCUT2D eigenvalue weighted by Gasteiger charge is -2.31. The van der Waals surface area contributed by atoms with Crippen molar-refractivity contribution in [2.24, 2.45) is 7.05 Å². The fourth-order valence-corrected chi connectivity index (χ4v) is 4.68. The van der Waals surface area contributed by atoms with E-state index in [0.717, 1.165) is 60.6 Å². The molecule has 140 valence electrons. The van der Waals surface area contributed by atoms with Gasteiger partial charge in [0.15, 0.2) is 0 Å². The average molecular weight is 364 g/mol. The van der Waals surface area contributed by atoms with Gasteiger partial charge in [0.05, 0.1) is 17.4 Å². The molecule has 0 saturated carbocycles. The highest BCUT2D eigenvalue weighted by Crippen LogP contribution is 2.33. The molecule has 2 aromatic heterocycles. The van der Waals surface area contributed by atoms with Crippen molar-refractivity contribution in [3.8, 4) is 0 Å². The molecule has 1 saturated heterocycles. The zero-order chi connectivity index (χ0) is 18.4. The second-order valence-corrected chi connectivity index (χ2v) is 7.71. The number of nitrogens with zero attached hydrogens (tertiary/aromatic N) is 4. The molecular formula is C22H25FN4. The van der Waals surface area contributed by atoms with Gasteiger partial charge in [0.2, 0.25) is 0 Å². The van der Waals surface area contributed by atoms with Crippen LogP contribution in [0.4, 0.5) is 15.9 Å². The van der Waals surface area contributed by atoms with E-state index in [1.807, 2.05) is 19.3 Å². The van der Waals surface area contributed by atoms with Crippen LogP contribution in [0.25, 0.3) is 10.9 Å². The zero-order valence-electron chi connectivity index (χ0n) is 15.8. The van der Waals surface area contributed by atoms with Crippen LogP contribution >= 0.6 is 0 Å². The minimum atomic E-state index is -0.121. The van der Waals surface area contributed by atoms with Crippen molar-refractivity contribution >= 4 is 22.4 Å². The summed E-state index contributed by atoms with van der Waals surface area (Å²) in [6.45, 7) is 3.88. The average Bonchev–Trinajstić information content (AvgIpc) is 3.02. The van der Waals surface area contributed by atoms with Crippen LogP contribution in [0.1, 0.15) is 30.5 Å². The Bertz CT molecular complexity index is 970. The van der Waals surface area contributed by atoms with E-state index < -0.39 is 0 Å². The first-order valence-corrected chi connectivity index (χ1v) is 9.93. The van der Waals surface area contributed by atoms with Crippen LogP contribution in [-0.2, 0) is 20.0 Å². The summed E-state index contributed by atoms with van der Waals surface area (Å²) in [5, 5.41) is 0.776. The van der Waals surface area contributed by atoms with Gasteiger partial charge in [0.25, 0.3) is 0 Å². The molecule has 5 heteroatoms. The minimum absolute atomic E-state index is 0.121. The number of pyridine rings is 1. The maximum absolute atomic E-state index is 14.5. The lowest BCUT2D eigenvalue weighted by Crippen LogP contribution is -2.32. The number of hydrogen-bond donors (Lipinski definition) is 0. The number of halogens is 1. The summed E-state index contributed by atoms with van der Waals surface area (Å²) in [5.41, 5.74) is 4.48. The molecular weight excluding hydrogens is 339 g/mol. The highest BCUT2D eigenvalue weighted by molar-refractivity contribution is 5.87. The van der Waals surface area contributed by atoms with E-state index >= 15 is 0 Å². The third kappa shape index (κ3) is 2.76. The van der Waals surface area contributed by atoms with Gasteiger partial charge in [0.1, 0.15) is 11.6 Å². The Morgan fingerprint density at radius 1 is 0.963 bits per heavy atom. The number of benzene rings is 1. The van der Waals surface area contributed by atoms with E-state index in [2.05, 4.69) is 26.5 Å². The number of rotatable bonds is 2. The van der Waals surface area contributed by atoms with E-state index in [9.17, 15) is 4.39 Å². The first-order chi connectivity index (χ1) is 13.2. The molecule has 5 rings (SSSR count). The molecule has 4 nitrogen and oxygen atoms in total. The molecule has 4 heterocycles. The first-order valence-electron chi connectivity index (χ1n) is 9.93. The Labute approximate surface area is 159 Å². The van der Waals surface area contributed by atoms with E-state index in [0.29, 0.717) is 0 Å². The number of piperidine rings is 1. The Hall–Kier alpha value is -2.56. The first kappa shape index (κ1) is 16.6. The van der Waals surface area contributed by atoms with Gasteiger partial charge in [-0.05, 0) is 43.5 Å². The number of aromatic nitrogens is 2. The maximum Gasteiger partial charge on any atom is 0.132 e. The van der Waals surface area contributed by atoms with Gasteiger partial charge in [0, 0.05) is 56.3 Å². The van der Waals surface area contributed by atoms with Crippen molar-refractivity contribution in [1.29, 1.82) is 0 Å². The van der Waals surface area contributed by atoms with Crippen molar-refractivity contribution in [3.63, 3.8) is 0 Å². The molecule has 0 amide bonds. The topological polar surface area (TPSA) is 24.3 Å². The van der Waals surface area contributed by atoms with Gasteiger partial charge in [-0.15, -0.1) is 0 Å². The molecule has 2 aliphatic rings. The monoisotopic (exact) mass is 364 g/mol. The lowest BCUT2D eigenvalue weighted by atomic mass is 10.0. The Balaban J connectivity index is 1.44. The van der Waals surface area contributed by atoms with E-state index in [1.165, 1.54) is 25.0 Å². The SMILES string of the molecule is Cn1c2c(c3c(F)cccc31)CN(c1ccc(N3CCCCC3)nc1)CC2. The van der Waals surface area contributed by atoms with Crippen molar-refractivity contribution in [2.45, 2.75) is 32.2 Å². The second kappa shape index (κ2) is 6.55. The van der Waals surface area contributed by atoms with Crippen molar-refractivity contribution in [3.05, 3.63) is 53.6 Å². The molecule has 0 bridgehead atoms.